The molecule has 0 aliphatic heterocycles. The van der Waals surface area contributed by atoms with Gasteiger partial charge in [-0.05, 0) is 69.3 Å². The Morgan fingerprint density at radius 2 is 1.00 bits per heavy atom. The van der Waals surface area contributed by atoms with E-state index >= 15 is 0 Å². The molecule has 1 aliphatic carbocycles. The second-order valence-electron chi connectivity index (χ2n) is 13.8. The SMILES string of the molecule is [C-]#[N+]c1cccc2c1-c1ccc(-c3cc(-c4ccc(-c5ccccc5)nc4)cc(-c4nc(-c5ccccc5)nc(-c5ccccc5)n4)c3)cc1C2(C)C. The summed E-state index contributed by atoms with van der Waals surface area (Å²) in [4.78, 5) is 23.9. The molecule has 53 heavy (non-hydrogen) atoms. The van der Waals surface area contributed by atoms with Gasteiger partial charge in [0.25, 0.3) is 0 Å². The zero-order chi connectivity index (χ0) is 35.9. The molecule has 9 rings (SSSR count). The van der Waals surface area contributed by atoms with Crippen molar-refractivity contribution < 1.29 is 0 Å². The van der Waals surface area contributed by atoms with Crippen molar-refractivity contribution in [1.29, 1.82) is 0 Å². The van der Waals surface area contributed by atoms with Crippen molar-refractivity contribution in [2.24, 2.45) is 0 Å². The van der Waals surface area contributed by atoms with Gasteiger partial charge in [-0.2, -0.15) is 0 Å². The Bertz CT molecular complexity index is 2620. The zero-order valence-corrected chi connectivity index (χ0v) is 29.3. The molecule has 0 N–H and O–H groups in total. The number of benzene rings is 6. The molecule has 8 aromatic rings. The van der Waals surface area contributed by atoms with Crippen LogP contribution in [-0.4, -0.2) is 19.9 Å². The van der Waals surface area contributed by atoms with Crippen LogP contribution < -0.4 is 0 Å². The highest BCUT2D eigenvalue weighted by Gasteiger charge is 2.36. The first-order valence-electron chi connectivity index (χ1n) is 17.7. The lowest BCUT2D eigenvalue weighted by Gasteiger charge is -2.22. The van der Waals surface area contributed by atoms with Crippen LogP contribution in [0.3, 0.4) is 0 Å². The Morgan fingerprint density at radius 3 is 1.58 bits per heavy atom. The molecule has 2 heterocycles. The molecule has 0 unspecified atom stereocenters. The van der Waals surface area contributed by atoms with Gasteiger partial charge < -0.3 is 0 Å². The molecular weight excluding hydrogens is 647 g/mol. The van der Waals surface area contributed by atoms with E-state index in [1.54, 1.807) is 0 Å². The number of hydrogen-bond donors (Lipinski definition) is 0. The van der Waals surface area contributed by atoms with Crippen molar-refractivity contribution in [1.82, 2.24) is 19.9 Å². The predicted molar refractivity (Wildman–Crippen MR) is 214 cm³/mol. The average molecular weight is 680 g/mol. The first kappa shape index (κ1) is 31.9. The van der Waals surface area contributed by atoms with E-state index in [0.29, 0.717) is 23.2 Å². The summed E-state index contributed by atoms with van der Waals surface area (Å²) in [6.07, 6.45) is 1.94. The number of nitrogens with zero attached hydrogens (tertiary/aromatic N) is 5. The van der Waals surface area contributed by atoms with Gasteiger partial charge >= 0.3 is 0 Å². The van der Waals surface area contributed by atoms with E-state index < -0.39 is 0 Å². The van der Waals surface area contributed by atoms with E-state index in [9.17, 15) is 0 Å². The molecule has 5 nitrogen and oxygen atoms in total. The Labute approximate surface area is 309 Å². The van der Waals surface area contributed by atoms with E-state index in [4.69, 9.17) is 26.5 Å². The fourth-order valence-corrected chi connectivity index (χ4v) is 7.41. The number of hydrogen-bond acceptors (Lipinski definition) is 4. The fraction of sp³-hybridized carbons (Fsp3) is 0.0625. The Morgan fingerprint density at radius 1 is 0.453 bits per heavy atom. The highest BCUT2D eigenvalue weighted by molar-refractivity contribution is 5.92. The average Bonchev–Trinajstić information content (AvgIpc) is 3.47. The van der Waals surface area contributed by atoms with Gasteiger partial charge in [0.15, 0.2) is 23.2 Å². The predicted octanol–water partition coefficient (Wildman–Crippen LogP) is 12.1. The van der Waals surface area contributed by atoms with Gasteiger partial charge in [0, 0.05) is 39.4 Å². The molecule has 0 atom stereocenters. The van der Waals surface area contributed by atoms with Crippen LogP contribution in [0, 0.1) is 6.57 Å². The third-order valence-corrected chi connectivity index (χ3v) is 10.2. The molecule has 0 saturated carbocycles. The van der Waals surface area contributed by atoms with Crippen LogP contribution in [0.2, 0.25) is 0 Å². The summed E-state index contributed by atoms with van der Waals surface area (Å²) < 4.78 is 0. The van der Waals surface area contributed by atoms with Crippen molar-refractivity contribution >= 4 is 5.69 Å². The maximum atomic E-state index is 7.88. The van der Waals surface area contributed by atoms with Crippen LogP contribution in [-0.2, 0) is 5.41 Å². The standard InChI is InChI=1S/C48H33N5/c1-48(2)40-20-13-21-43(49-3)44(40)39-24-22-34(29-41(39)48)36-26-37(35-23-25-42(50-30-35)31-14-7-4-8-15-31)28-38(27-36)47-52-45(32-16-9-5-10-17-32)51-46(53-47)33-18-11-6-12-19-33/h4-30H,1-2H3. The lowest BCUT2D eigenvalue weighted by atomic mass is 9.81. The Balaban J connectivity index is 1.24. The smallest absolute Gasteiger partial charge is 0.195 e. The third-order valence-electron chi connectivity index (χ3n) is 10.2. The molecular formula is C48H33N5. The third kappa shape index (κ3) is 5.77. The van der Waals surface area contributed by atoms with Crippen LogP contribution in [0.25, 0.3) is 83.6 Å². The molecule has 250 valence electrons. The van der Waals surface area contributed by atoms with Crippen molar-refractivity contribution in [3.63, 3.8) is 0 Å². The van der Waals surface area contributed by atoms with Crippen LogP contribution in [0.1, 0.15) is 25.0 Å². The minimum absolute atomic E-state index is 0.262. The van der Waals surface area contributed by atoms with Gasteiger partial charge in [0.05, 0.1) is 12.3 Å². The van der Waals surface area contributed by atoms with Crippen LogP contribution >= 0.6 is 0 Å². The summed E-state index contributed by atoms with van der Waals surface area (Å²) in [6.45, 7) is 12.4. The van der Waals surface area contributed by atoms with Crippen molar-refractivity contribution in [2.45, 2.75) is 19.3 Å². The lowest BCUT2D eigenvalue weighted by molar-refractivity contribution is 0.661. The molecule has 5 heteroatoms. The molecule has 0 amide bonds. The van der Waals surface area contributed by atoms with Gasteiger partial charge in [0.1, 0.15) is 0 Å². The minimum Gasteiger partial charge on any atom is -0.256 e. The maximum absolute atomic E-state index is 7.88. The molecule has 0 fully saturated rings. The highest BCUT2D eigenvalue weighted by atomic mass is 15.0. The monoisotopic (exact) mass is 679 g/mol. The van der Waals surface area contributed by atoms with Gasteiger partial charge in [-0.25, -0.2) is 19.8 Å². The van der Waals surface area contributed by atoms with E-state index in [-0.39, 0.29) is 5.41 Å². The quantitative estimate of drug-likeness (QED) is 0.164. The fourth-order valence-electron chi connectivity index (χ4n) is 7.41. The highest BCUT2D eigenvalue weighted by Crippen LogP contribution is 2.53. The summed E-state index contributed by atoms with van der Waals surface area (Å²) in [6, 6.07) is 53.8. The second kappa shape index (κ2) is 12.9. The molecule has 6 aromatic carbocycles. The van der Waals surface area contributed by atoms with Gasteiger partial charge in [-0.3, -0.25) is 4.98 Å². The van der Waals surface area contributed by atoms with E-state index in [1.165, 1.54) is 11.1 Å². The van der Waals surface area contributed by atoms with Crippen LogP contribution in [0.4, 0.5) is 5.69 Å². The largest absolute Gasteiger partial charge is 0.256 e. The number of aromatic nitrogens is 4. The Hall–Kier alpha value is -7.03. The molecule has 1 aliphatic rings. The summed E-state index contributed by atoms with van der Waals surface area (Å²) >= 11 is 0. The topological polar surface area (TPSA) is 55.9 Å². The number of rotatable bonds is 6. The van der Waals surface area contributed by atoms with Crippen molar-refractivity contribution in [3.05, 3.63) is 186 Å². The first-order valence-corrected chi connectivity index (χ1v) is 17.7. The van der Waals surface area contributed by atoms with E-state index in [1.807, 2.05) is 97.2 Å². The maximum Gasteiger partial charge on any atom is 0.195 e. The van der Waals surface area contributed by atoms with Crippen LogP contribution in [0.5, 0.6) is 0 Å². The number of pyridine rings is 1. The van der Waals surface area contributed by atoms with E-state index in [2.05, 4.69) is 85.4 Å². The van der Waals surface area contributed by atoms with Crippen molar-refractivity contribution in [3.8, 4) is 78.8 Å². The summed E-state index contributed by atoms with van der Waals surface area (Å²) in [5, 5.41) is 0. The van der Waals surface area contributed by atoms with E-state index in [0.717, 1.165) is 61.3 Å². The molecule has 2 aromatic heterocycles. The van der Waals surface area contributed by atoms with Crippen molar-refractivity contribution in [2.75, 3.05) is 0 Å². The normalized spacial score (nSPS) is 12.5. The molecule has 0 saturated heterocycles. The van der Waals surface area contributed by atoms with Gasteiger partial charge in [-0.1, -0.05) is 141 Å². The summed E-state index contributed by atoms with van der Waals surface area (Å²) in [7, 11) is 0. The molecule has 0 radical (unpaired) electrons. The summed E-state index contributed by atoms with van der Waals surface area (Å²) in [5.41, 5.74) is 13.8. The van der Waals surface area contributed by atoms with Gasteiger partial charge in [0.2, 0.25) is 0 Å². The molecule has 0 spiro atoms. The first-order chi connectivity index (χ1) is 26.0. The zero-order valence-electron chi connectivity index (χ0n) is 29.3. The lowest BCUT2D eigenvalue weighted by Crippen LogP contribution is -2.14. The van der Waals surface area contributed by atoms with Gasteiger partial charge in [-0.15, -0.1) is 0 Å². The van der Waals surface area contributed by atoms with Crippen LogP contribution in [0.15, 0.2) is 164 Å². The molecule has 0 bridgehead atoms. The number of fused-ring (bicyclic) bond motifs is 3. The summed E-state index contributed by atoms with van der Waals surface area (Å²) in [5.74, 6) is 1.82. The Kier molecular flexibility index (Phi) is 7.79. The second-order valence-corrected chi connectivity index (χ2v) is 13.8. The minimum atomic E-state index is -0.262.